The molecule has 0 bridgehead atoms. The number of carbonyl (C=O) groups is 2. The summed E-state index contributed by atoms with van der Waals surface area (Å²) < 4.78 is 0. The Morgan fingerprint density at radius 2 is 1.75 bits per heavy atom. The highest BCUT2D eigenvalue weighted by Crippen LogP contribution is 2.28. The standard InChI is InChI=1S/C17H12Cl3NO3/c1-21(17(24)11-2-5-13(19)14(20)9-11)15-6-4-12(18)8-10(15)3-7-16(22)23/h2-9H,1H3,(H,22,23)/b7-3+. The van der Waals surface area contributed by atoms with E-state index in [4.69, 9.17) is 39.9 Å². The van der Waals surface area contributed by atoms with Crippen molar-refractivity contribution in [2.45, 2.75) is 0 Å². The summed E-state index contributed by atoms with van der Waals surface area (Å²) in [7, 11) is 1.58. The third-order valence-corrected chi connectivity index (χ3v) is 4.20. The molecule has 0 spiro atoms. The van der Waals surface area contributed by atoms with Crippen LogP contribution in [0.1, 0.15) is 15.9 Å². The summed E-state index contributed by atoms with van der Waals surface area (Å²) in [5.41, 5.74) is 1.36. The lowest BCUT2D eigenvalue weighted by molar-refractivity contribution is -0.131. The Balaban J connectivity index is 2.41. The first kappa shape index (κ1) is 18.3. The van der Waals surface area contributed by atoms with Gasteiger partial charge in [-0.3, -0.25) is 4.79 Å². The molecule has 4 nitrogen and oxygen atoms in total. The maximum Gasteiger partial charge on any atom is 0.328 e. The number of hydrogen-bond donors (Lipinski definition) is 1. The summed E-state index contributed by atoms with van der Waals surface area (Å²) in [6, 6.07) is 9.42. The summed E-state index contributed by atoms with van der Waals surface area (Å²) in [6.45, 7) is 0. The third kappa shape index (κ3) is 4.29. The van der Waals surface area contributed by atoms with Gasteiger partial charge in [-0.15, -0.1) is 0 Å². The van der Waals surface area contributed by atoms with Crippen LogP contribution in [0.3, 0.4) is 0 Å². The zero-order chi connectivity index (χ0) is 17.9. The Morgan fingerprint density at radius 3 is 2.38 bits per heavy atom. The van der Waals surface area contributed by atoms with Crippen molar-refractivity contribution >= 4 is 58.4 Å². The second-order valence-corrected chi connectivity index (χ2v) is 6.12. The van der Waals surface area contributed by atoms with E-state index in [2.05, 4.69) is 0 Å². The van der Waals surface area contributed by atoms with E-state index < -0.39 is 5.97 Å². The average molecular weight is 385 g/mol. The van der Waals surface area contributed by atoms with Crippen molar-refractivity contribution in [1.29, 1.82) is 0 Å². The van der Waals surface area contributed by atoms with E-state index in [-0.39, 0.29) is 10.9 Å². The molecular formula is C17H12Cl3NO3. The van der Waals surface area contributed by atoms with E-state index in [0.29, 0.717) is 26.9 Å². The fourth-order valence-corrected chi connectivity index (χ4v) is 2.54. The number of amides is 1. The summed E-state index contributed by atoms with van der Waals surface area (Å²) in [4.78, 5) is 24.8. The van der Waals surface area contributed by atoms with E-state index in [0.717, 1.165) is 6.08 Å². The molecule has 7 heteroatoms. The van der Waals surface area contributed by atoms with Crippen LogP contribution in [-0.2, 0) is 4.79 Å². The Bertz CT molecular complexity index is 834. The van der Waals surface area contributed by atoms with Gasteiger partial charge in [0.05, 0.1) is 15.7 Å². The van der Waals surface area contributed by atoms with E-state index in [1.54, 1.807) is 31.3 Å². The molecule has 124 valence electrons. The zero-order valence-corrected chi connectivity index (χ0v) is 14.7. The van der Waals surface area contributed by atoms with Gasteiger partial charge >= 0.3 is 5.97 Å². The number of aliphatic carboxylic acids is 1. The van der Waals surface area contributed by atoms with Crippen LogP contribution in [0, 0.1) is 0 Å². The van der Waals surface area contributed by atoms with Crippen LogP contribution in [0.4, 0.5) is 5.69 Å². The maximum absolute atomic E-state index is 12.6. The largest absolute Gasteiger partial charge is 0.478 e. The SMILES string of the molecule is CN(C(=O)c1ccc(Cl)c(Cl)c1)c1ccc(Cl)cc1/C=C/C(=O)O. The second-order valence-electron chi connectivity index (χ2n) is 4.87. The summed E-state index contributed by atoms with van der Waals surface area (Å²) >= 11 is 17.8. The van der Waals surface area contributed by atoms with Crippen molar-refractivity contribution in [3.05, 3.63) is 68.7 Å². The molecule has 0 atom stereocenters. The smallest absolute Gasteiger partial charge is 0.328 e. The molecule has 2 aromatic rings. The molecule has 0 radical (unpaired) electrons. The highest BCUT2D eigenvalue weighted by molar-refractivity contribution is 6.42. The Kier molecular flexibility index (Phi) is 5.89. The molecule has 0 aliphatic heterocycles. The number of benzene rings is 2. The first-order valence-electron chi connectivity index (χ1n) is 6.73. The Labute approximate surface area is 153 Å². The van der Waals surface area contributed by atoms with Crippen molar-refractivity contribution in [3.8, 4) is 0 Å². The van der Waals surface area contributed by atoms with Crippen molar-refractivity contribution in [2.24, 2.45) is 0 Å². The number of hydrogen-bond acceptors (Lipinski definition) is 2. The highest BCUT2D eigenvalue weighted by Gasteiger charge is 2.17. The predicted molar refractivity (Wildman–Crippen MR) is 97.3 cm³/mol. The lowest BCUT2D eigenvalue weighted by Crippen LogP contribution is -2.26. The maximum atomic E-state index is 12.6. The minimum Gasteiger partial charge on any atom is -0.478 e. The molecule has 0 aliphatic rings. The van der Waals surface area contributed by atoms with E-state index in [9.17, 15) is 9.59 Å². The van der Waals surface area contributed by atoms with Gasteiger partial charge in [-0.25, -0.2) is 4.79 Å². The molecule has 0 unspecified atom stereocenters. The van der Waals surface area contributed by atoms with Gasteiger partial charge in [0.25, 0.3) is 5.91 Å². The monoisotopic (exact) mass is 383 g/mol. The lowest BCUT2D eigenvalue weighted by atomic mass is 10.1. The number of nitrogens with zero attached hydrogens (tertiary/aromatic N) is 1. The molecule has 2 rings (SSSR count). The third-order valence-electron chi connectivity index (χ3n) is 3.23. The first-order chi connectivity index (χ1) is 11.3. The molecule has 1 N–H and O–H groups in total. The molecule has 0 saturated heterocycles. The van der Waals surface area contributed by atoms with Gasteiger partial charge in [0.1, 0.15) is 0 Å². The molecule has 2 aromatic carbocycles. The minimum atomic E-state index is -1.10. The summed E-state index contributed by atoms with van der Waals surface area (Å²) in [5.74, 6) is -1.42. The van der Waals surface area contributed by atoms with Crippen molar-refractivity contribution in [2.75, 3.05) is 11.9 Å². The van der Waals surface area contributed by atoms with E-state index in [1.807, 2.05) is 0 Å². The normalized spacial score (nSPS) is 10.8. The van der Waals surface area contributed by atoms with Crippen LogP contribution in [0.25, 0.3) is 6.08 Å². The molecule has 0 aliphatic carbocycles. The van der Waals surface area contributed by atoms with Gasteiger partial charge in [0, 0.05) is 23.7 Å². The first-order valence-corrected chi connectivity index (χ1v) is 7.86. The number of carbonyl (C=O) groups excluding carboxylic acids is 1. The highest BCUT2D eigenvalue weighted by atomic mass is 35.5. The van der Waals surface area contributed by atoms with Crippen molar-refractivity contribution in [3.63, 3.8) is 0 Å². The number of rotatable bonds is 4. The summed E-state index contributed by atoms with van der Waals surface area (Å²) in [6.07, 6.45) is 2.36. The fourth-order valence-electron chi connectivity index (χ4n) is 2.06. The number of halogens is 3. The van der Waals surface area contributed by atoms with Crippen LogP contribution in [0.15, 0.2) is 42.5 Å². The quantitative estimate of drug-likeness (QED) is 0.753. The van der Waals surface area contributed by atoms with Gasteiger partial charge in [0.2, 0.25) is 0 Å². The lowest BCUT2D eigenvalue weighted by Gasteiger charge is -2.20. The average Bonchev–Trinajstić information content (AvgIpc) is 2.54. The number of carboxylic acid groups (broad SMARTS) is 1. The van der Waals surface area contributed by atoms with Crippen LogP contribution < -0.4 is 4.90 Å². The molecular weight excluding hydrogens is 373 g/mol. The van der Waals surface area contributed by atoms with Crippen LogP contribution >= 0.6 is 34.8 Å². The van der Waals surface area contributed by atoms with Crippen LogP contribution in [0.2, 0.25) is 15.1 Å². The molecule has 0 saturated carbocycles. The van der Waals surface area contributed by atoms with Gasteiger partial charge in [-0.2, -0.15) is 0 Å². The topological polar surface area (TPSA) is 57.6 Å². The second kappa shape index (κ2) is 7.71. The van der Waals surface area contributed by atoms with Gasteiger partial charge in [-0.1, -0.05) is 34.8 Å². The molecule has 0 heterocycles. The molecule has 1 amide bonds. The number of carboxylic acids is 1. The van der Waals surface area contributed by atoms with Crippen molar-refractivity contribution in [1.82, 2.24) is 0 Å². The molecule has 0 fully saturated rings. The predicted octanol–water partition coefficient (Wildman–Crippen LogP) is 5.02. The van der Waals surface area contributed by atoms with Crippen LogP contribution in [-0.4, -0.2) is 24.0 Å². The Morgan fingerprint density at radius 1 is 1.04 bits per heavy atom. The van der Waals surface area contributed by atoms with E-state index >= 15 is 0 Å². The summed E-state index contributed by atoms with van der Waals surface area (Å²) in [5, 5.41) is 9.85. The van der Waals surface area contributed by atoms with Gasteiger partial charge < -0.3 is 10.0 Å². The van der Waals surface area contributed by atoms with Crippen molar-refractivity contribution < 1.29 is 14.7 Å². The van der Waals surface area contributed by atoms with Gasteiger partial charge in [0.15, 0.2) is 0 Å². The van der Waals surface area contributed by atoms with Gasteiger partial charge in [-0.05, 0) is 48.0 Å². The molecule has 24 heavy (non-hydrogen) atoms. The number of anilines is 1. The van der Waals surface area contributed by atoms with E-state index in [1.165, 1.54) is 23.1 Å². The molecule has 0 aromatic heterocycles. The Hall–Kier alpha value is -2.01. The minimum absolute atomic E-state index is 0.276. The fraction of sp³-hybridized carbons (Fsp3) is 0.0588. The van der Waals surface area contributed by atoms with Crippen LogP contribution in [0.5, 0.6) is 0 Å². The zero-order valence-electron chi connectivity index (χ0n) is 12.5.